The second kappa shape index (κ2) is 18.0. The fourth-order valence-corrected chi connectivity index (χ4v) is 7.54. The number of nitrogens with zero attached hydrogens (tertiary/aromatic N) is 1. The first-order chi connectivity index (χ1) is 20.3. The molecule has 0 aromatic carbocycles. The standard InChI is InChI=1S/C34H68N6O3/c1-8-28(13-16-35)38-18-15-31(42)43-20-10-19-40(7)25-34(6)22-29(32(2,3)33(34,4)5)39-30(41)14-17-37-24-27-12-9-11-26(21-27)23-36/h26-29,37-38H,8-25,35-36H2,1-7H3,(H,39,41). The fraction of sp³-hybridized carbons (Fsp3) is 0.941. The molecule has 0 aliphatic heterocycles. The second-order valence-electron chi connectivity index (χ2n) is 15.0. The van der Waals surface area contributed by atoms with Crippen molar-refractivity contribution < 1.29 is 14.3 Å². The molecule has 0 aromatic heterocycles. The zero-order chi connectivity index (χ0) is 32.1. The molecule has 5 unspecified atom stereocenters. The van der Waals surface area contributed by atoms with E-state index in [4.69, 9.17) is 16.2 Å². The van der Waals surface area contributed by atoms with Crippen LogP contribution in [0.2, 0.25) is 0 Å². The molecule has 43 heavy (non-hydrogen) atoms. The molecule has 0 bridgehead atoms. The lowest BCUT2D eigenvalue weighted by Gasteiger charge is -2.48. The number of nitrogens with two attached hydrogens (primary N) is 2. The molecule has 9 heteroatoms. The molecule has 0 saturated heterocycles. The lowest BCUT2D eigenvalue weighted by molar-refractivity contribution is -0.143. The van der Waals surface area contributed by atoms with Crippen LogP contribution < -0.4 is 27.4 Å². The van der Waals surface area contributed by atoms with E-state index in [-0.39, 0.29) is 34.2 Å². The lowest BCUT2D eigenvalue weighted by atomic mass is 9.59. The van der Waals surface area contributed by atoms with Crippen LogP contribution >= 0.6 is 0 Å². The van der Waals surface area contributed by atoms with Gasteiger partial charge in [-0.25, -0.2) is 0 Å². The maximum absolute atomic E-state index is 13.0. The topological polar surface area (TPSA) is 135 Å². The third-order valence-corrected chi connectivity index (χ3v) is 11.5. The summed E-state index contributed by atoms with van der Waals surface area (Å²) >= 11 is 0. The molecule has 0 heterocycles. The number of hydrogen-bond donors (Lipinski definition) is 5. The highest BCUT2D eigenvalue weighted by Crippen LogP contribution is 2.62. The third-order valence-electron chi connectivity index (χ3n) is 11.5. The van der Waals surface area contributed by atoms with Gasteiger partial charge in [-0.15, -0.1) is 0 Å². The minimum atomic E-state index is -0.147. The Morgan fingerprint density at radius 2 is 1.77 bits per heavy atom. The predicted octanol–water partition coefficient (Wildman–Crippen LogP) is 3.65. The average Bonchev–Trinajstić information content (AvgIpc) is 3.08. The Labute approximate surface area is 263 Å². The molecule has 2 aliphatic carbocycles. The summed E-state index contributed by atoms with van der Waals surface area (Å²) in [4.78, 5) is 27.5. The van der Waals surface area contributed by atoms with Crippen molar-refractivity contribution in [2.45, 2.75) is 118 Å². The quantitative estimate of drug-likeness (QED) is 0.104. The van der Waals surface area contributed by atoms with Gasteiger partial charge in [0, 0.05) is 44.7 Å². The van der Waals surface area contributed by atoms with Crippen molar-refractivity contribution >= 4 is 11.9 Å². The monoisotopic (exact) mass is 609 g/mol. The van der Waals surface area contributed by atoms with Crippen molar-refractivity contribution in [3.05, 3.63) is 0 Å². The molecule has 2 rings (SSSR count). The van der Waals surface area contributed by atoms with Gasteiger partial charge in [0.05, 0.1) is 13.0 Å². The summed E-state index contributed by atoms with van der Waals surface area (Å²) in [6, 6.07) is 0.493. The van der Waals surface area contributed by atoms with Crippen molar-refractivity contribution in [3.63, 3.8) is 0 Å². The van der Waals surface area contributed by atoms with Crippen molar-refractivity contribution in [2.75, 3.05) is 59.5 Å². The molecule has 252 valence electrons. The largest absolute Gasteiger partial charge is 0.466 e. The number of hydrogen-bond acceptors (Lipinski definition) is 8. The van der Waals surface area contributed by atoms with E-state index in [1.54, 1.807) is 0 Å². The van der Waals surface area contributed by atoms with Crippen LogP contribution in [0.25, 0.3) is 0 Å². The van der Waals surface area contributed by atoms with E-state index in [1.165, 1.54) is 25.7 Å². The van der Waals surface area contributed by atoms with Crippen LogP contribution in [0.4, 0.5) is 0 Å². The number of rotatable bonds is 20. The lowest BCUT2D eigenvalue weighted by Crippen LogP contribution is -2.48. The van der Waals surface area contributed by atoms with Crippen molar-refractivity contribution in [2.24, 2.45) is 39.5 Å². The fourth-order valence-electron chi connectivity index (χ4n) is 7.54. The van der Waals surface area contributed by atoms with E-state index in [9.17, 15) is 9.59 Å². The van der Waals surface area contributed by atoms with Gasteiger partial charge in [0.1, 0.15) is 0 Å². The third kappa shape index (κ3) is 11.2. The number of carbonyl (C=O) groups excluding carboxylic acids is 2. The SMILES string of the molecule is CCC(CCN)NCCC(=O)OCCCN(C)CC1(C)CC(NC(=O)CCNCC2CCCC(CN)C2)C(C)(C)C1(C)C. The first kappa shape index (κ1) is 37.9. The van der Waals surface area contributed by atoms with E-state index >= 15 is 0 Å². The number of ether oxygens (including phenoxy) is 1. The smallest absolute Gasteiger partial charge is 0.307 e. The first-order valence-electron chi connectivity index (χ1n) is 17.3. The Morgan fingerprint density at radius 1 is 1.05 bits per heavy atom. The highest BCUT2D eigenvalue weighted by atomic mass is 16.5. The van der Waals surface area contributed by atoms with Crippen LogP contribution in [0, 0.1) is 28.1 Å². The van der Waals surface area contributed by atoms with Crippen LogP contribution in [0.1, 0.15) is 106 Å². The van der Waals surface area contributed by atoms with Crippen LogP contribution in [-0.4, -0.2) is 88.3 Å². The maximum Gasteiger partial charge on any atom is 0.307 e. The number of esters is 1. The molecule has 9 nitrogen and oxygen atoms in total. The van der Waals surface area contributed by atoms with Crippen LogP contribution in [0.5, 0.6) is 0 Å². The highest BCUT2D eigenvalue weighted by molar-refractivity contribution is 5.76. The average molecular weight is 609 g/mol. The molecule has 1 amide bonds. The van der Waals surface area contributed by atoms with E-state index in [0.29, 0.717) is 50.4 Å². The zero-order valence-electron chi connectivity index (χ0n) is 28.9. The van der Waals surface area contributed by atoms with Gasteiger partial charge < -0.3 is 37.1 Å². The Kier molecular flexibility index (Phi) is 15.9. The summed E-state index contributed by atoms with van der Waals surface area (Å²) < 4.78 is 5.49. The Hall–Kier alpha value is -1.26. The molecule has 2 fully saturated rings. The van der Waals surface area contributed by atoms with Crippen LogP contribution in [0.15, 0.2) is 0 Å². The number of amides is 1. The van der Waals surface area contributed by atoms with Crippen LogP contribution in [0.3, 0.4) is 0 Å². The van der Waals surface area contributed by atoms with Crippen molar-refractivity contribution in [1.29, 1.82) is 0 Å². The van der Waals surface area contributed by atoms with E-state index in [1.807, 2.05) is 0 Å². The number of nitrogens with one attached hydrogen (secondary N) is 3. The summed E-state index contributed by atoms with van der Waals surface area (Å²) in [5.74, 6) is 1.35. The first-order valence-corrected chi connectivity index (χ1v) is 17.3. The summed E-state index contributed by atoms with van der Waals surface area (Å²) in [7, 11) is 2.15. The van der Waals surface area contributed by atoms with Gasteiger partial charge in [-0.05, 0) is 99.7 Å². The summed E-state index contributed by atoms with van der Waals surface area (Å²) in [6.45, 7) is 19.9. The minimum Gasteiger partial charge on any atom is -0.466 e. The van der Waals surface area contributed by atoms with Gasteiger partial charge in [0.15, 0.2) is 0 Å². The van der Waals surface area contributed by atoms with Gasteiger partial charge >= 0.3 is 5.97 Å². The molecular formula is C34H68N6O3. The Morgan fingerprint density at radius 3 is 2.44 bits per heavy atom. The van der Waals surface area contributed by atoms with Crippen LogP contribution in [-0.2, 0) is 14.3 Å². The molecule has 2 saturated carbocycles. The van der Waals surface area contributed by atoms with Gasteiger partial charge in [0.2, 0.25) is 5.91 Å². The molecule has 0 spiro atoms. The predicted molar refractivity (Wildman–Crippen MR) is 178 cm³/mol. The van der Waals surface area contributed by atoms with E-state index in [0.717, 1.165) is 58.4 Å². The maximum atomic E-state index is 13.0. The van der Waals surface area contributed by atoms with Gasteiger partial charge in [0.25, 0.3) is 0 Å². The number of carbonyl (C=O) groups is 2. The molecule has 2 aliphatic rings. The second-order valence-corrected chi connectivity index (χ2v) is 15.0. The van der Waals surface area contributed by atoms with E-state index in [2.05, 4.69) is 69.4 Å². The molecule has 0 radical (unpaired) electrons. The molecule has 0 aromatic rings. The zero-order valence-corrected chi connectivity index (χ0v) is 28.9. The van der Waals surface area contributed by atoms with Crippen molar-refractivity contribution in [3.8, 4) is 0 Å². The minimum absolute atomic E-state index is 0.0185. The normalized spacial score (nSPS) is 27.3. The van der Waals surface area contributed by atoms with Crippen molar-refractivity contribution in [1.82, 2.24) is 20.9 Å². The van der Waals surface area contributed by atoms with Gasteiger partial charge in [-0.2, -0.15) is 0 Å². The van der Waals surface area contributed by atoms with E-state index < -0.39 is 0 Å². The Balaban J connectivity index is 1.73. The molecule has 7 N–H and O–H groups in total. The summed E-state index contributed by atoms with van der Waals surface area (Å²) in [6.07, 6.45) is 9.61. The molecule has 5 atom stereocenters. The molecular weight excluding hydrogens is 540 g/mol. The summed E-state index contributed by atoms with van der Waals surface area (Å²) in [5, 5.41) is 10.4. The van der Waals surface area contributed by atoms with Gasteiger partial charge in [-0.3, -0.25) is 9.59 Å². The Bertz CT molecular complexity index is 837. The highest BCUT2D eigenvalue weighted by Gasteiger charge is 2.61. The summed E-state index contributed by atoms with van der Waals surface area (Å²) in [5.41, 5.74) is 11.5. The van der Waals surface area contributed by atoms with Gasteiger partial charge in [-0.1, -0.05) is 48.0 Å².